The van der Waals surface area contributed by atoms with Crippen molar-refractivity contribution in [3.05, 3.63) is 65.9 Å². The predicted octanol–water partition coefficient (Wildman–Crippen LogP) is 3.45. The van der Waals surface area contributed by atoms with E-state index < -0.39 is 0 Å². The van der Waals surface area contributed by atoms with Crippen molar-refractivity contribution < 1.29 is 9.59 Å². The summed E-state index contributed by atoms with van der Waals surface area (Å²) in [5.41, 5.74) is 3.25. The topological polar surface area (TPSA) is 74.0 Å². The molecule has 0 radical (unpaired) electrons. The Labute approximate surface area is 140 Å². The Kier molecular flexibility index (Phi) is 4.61. The zero-order valence-electron chi connectivity index (χ0n) is 13.4. The van der Waals surface area contributed by atoms with Gasteiger partial charge in [0.15, 0.2) is 0 Å². The van der Waals surface area contributed by atoms with Crippen molar-refractivity contribution >= 4 is 28.4 Å². The molecule has 0 saturated heterocycles. The molecule has 0 spiro atoms. The van der Waals surface area contributed by atoms with Gasteiger partial charge in [-0.15, -0.1) is 0 Å². The first-order valence-corrected chi connectivity index (χ1v) is 7.90. The Balaban J connectivity index is 1.70. The molecule has 0 saturated carbocycles. The van der Waals surface area contributed by atoms with Gasteiger partial charge in [-0.25, -0.2) is 0 Å². The largest absolute Gasteiger partial charge is 0.361 e. The molecule has 0 aliphatic rings. The molecule has 0 fully saturated rings. The maximum absolute atomic E-state index is 12.4. The fourth-order valence-electron chi connectivity index (χ4n) is 2.57. The standard InChI is InChI=1S/C19H19N3O2/c1-2-18(23)22-15-7-3-5-13(11-15)19(24)21-12-14-6-4-8-17-16(14)9-10-20-17/h3-11,20H,2,12H2,1H3,(H,21,24)(H,22,23). The number of fused-ring (bicyclic) bond motifs is 1. The Hall–Kier alpha value is -3.08. The van der Waals surface area contributed by atoms with Crippen LogP contribution in [0.15, 0.2) is 54.7 Å². The van der Waals surface area contributed by atoms with Crippen LogP contribution < -0.4 is 10.6 Å². The second-order valence-electron chi connectivity index (χ2n) is 5.52. The number of benzene rings is 2. The monoisotopic (exact) mass is 321 g/mol. The molecule has 5 nitrogen and oxygen atoms in total. The minimum atomic E-state index is -0.171. The van der Waals surface area contributed by atoms with Crippen LogP contribution in [0.3, 0.4) is 0 Å². The Morgan fingerprint density at radius 3 is 2.75 bits per heavy atom. The number of hydrogen-bond acceptors (Lipinski definition) is 2. The van der Waals surface area contributed by atoms with E-state index in [1.807, 2.05) is 30.5 Å². The van der Waals surface area contributed by atoms with Crippen LogP contribution in [0, 0.1) is 0 Å². The summed E-state index contributed by atoms with van der Waals surface area (Å²) in [4.78, 5) is 27.0. The molecular weight excluding hydrogens is 302 g/mol. The van der Waals surface area contributed by atoms with Gasteiger partial charge < -0.3 is 15.6 Å². The number of carbonyl (C=O) groups excluding carboxylic acids is 2. The quantitative estimate of drug-likeness (QED) is 0.673. The fraction of sp³-hybridized carbons (Fsp3) is 0.158. The van der Waals surface area contributed by atoms with Crippen LogP contribution in [0.25, 0.3) is 10.9 Å². The summed E-state index contributed by atoms with van der Waals surface area (Å²) in [7, 11) is 0. The van der Waals surface area contributed by atoms with Gasteiger partial charge in [-0.3, -0.25) is 9.59 Å². The van der Waals surface area contributed by atoms with Crippen molar-refractivity contribution in [2.24, 2.45) is 0 Å². The molecule has 3 N–H and O–H groups in total. The van der Waals surface area contributed by atoms with E-state index in [0.717, 1.165) is 16.5 Å². The lowest BCUT2D eigenvalue weighted by Gasteiger charge is -2.09. The van der Waals surface area contributed by atoms with Crippen molar-refractivity contribution in [2.75, 3.05) is 5.32 Å². The highest BCUT2D eigenvalue weighted by atomic mass is 16.2. The molecule has 122 valence electrons. The van der Waals surface area contributed by atoms with Crippen LogP contribution in [-0.2, 0) is 11.3 Å². The highest BCUT2D eigenvalue weighted by molar-refractivity contribution is 5.97. The number of nitrogens with one attached hydrogen (secondary N) is 3. The molecule has 0 aliphatic carbocycles. The van der Waals surface area contributed by atoms with Gasteiger partial charge >= 0.3 is 0 Å². The van der Waals surface area contributed by atoms with E-state index in [4.69, 9.17) is 0 Å². The van der Waals surface area contributed by atoms with Crippen LogP contribution in [0.4, 0.5) is 5.69 Å². The summed E-state index contributed by atoms with van der Waals surface area (Å²) in [6, 6.07) is 14.9. The average molecular weight is 321 g/mol. The third-order valence-corrected chi connectivity index (χ3v) is 3.85. The Morgan fingerprint density at radius 1 is 1.08 bits per heavy atom. The maximum atomic E-state index is 12.4. The smallest absolute Gasteiger partial charge is 0.251 e. The number of aromatic nitrogens is 1. The summed E-state index contributed by atoms with van der Waals surface area (Å²) in [6.45, 7) is 2.23. The number of amides is 2. The van der Waals surface area contributed by atoms with Gasteiger partial charge in [0, 0.05) is 41.3 Å². The van der Waals surface area contributed by atoms with Gasteiger partial charge in [0.25, 0.3) is 5.91 Å². The second-order valence-corrected chi connectivity index (χ2v) is 5.52. The normalized spacial score (nSPS) is 10.5. The molecule has 1 aromatic heterocycles. The lowest BCUT2D eigenvalue weighted by atomic mass is 10.1. The number of aromatic amines is 1. The summed E-state index contributed by atoms with van der Waals surface area (Å²) in [5, 5.41) is 6.78. The van der Waals surface area contributed by atoms with Gasteiger partial charge in [0.2, 0.25) is 5.91 Å². The summed E-state index contributed by atoms with van der Waals surface area (Å²) >= 11 is 0. The number of rotatable bonds is 5. The van der Waals surface area contributed by atoms with Crippen molar-refractivity contribution in [1.82, 2.24) is 10.3 Å². The number of anilines is 1. The molecule has 0 atom stereocenters. The van der Waals surface area contributed by atoms with E-state index in [9.17, 15) is 9.59 Å². The predicted molar refractivity (Wildman–Crippen MR) is 94.8 cm³/mol. The van der Waals surface area contributed by atoms with Crippen LogP contribution in [0.5, 0.6) is 0 Å². The minimum absolute atomic E-state index is 0.0771. The van der Waals surface area contributed by atoms with Crippen LogP contribution in [-0.4, -0.2) is 16.8 Å². The van der Waals surface area contributed by atoms with Crippen LogP contribution in [0.2, 0.25) is 0 Å². The fourth-order valence-corrected chi connectivity index (χ4v) is 2.57. The van der Waals surface area contributed by atoms with E-state index in [2.05, 4.69) is 15.6 Å². The summed E-state index contributed by atoms with van der Waals surface area (Å²) in [6.07, 6.45) is 2.28. The molecule has 5 heteroatoms. The highest BCUT2D eigenvalue weighted by Gasteiger charge is 2.08. The van der Waals surface area contributed by atoms with Crippen molar-refractivity contribution in [2.45, 2.75) is 19.9 Å². The van der Waals surface area contributed by atoms with Gasteiger partial charge in [0.1, 0.15) is 0 Å². The van der Waals surface area contributed by atoms with Crippen molar-refractivity contribution in [3.63, 3.8) is 0 Å². The summed E-state index contributed by atoms with van der Waals surface area (Å²) < 4.78 is 0. The number of hydrogen-bond donors (Lipinski definition) is 3. The molecule has 2 aromatic carbocycles. The first-order valence-electron chi connectivity index (χ1n) is 7.90. The number of carbonyl (C=O) groups is 2. The SMILES string of the molecule is CCC(=O)Nc1cccc(C(=O)NCc2cccc3[nH]ccc23)c1. The van der Waals surface area contributed by atoms with Crippen molar-refractivity contribution in [3.8, 4) is 0 Å². The van der Waals surface area contributed by atoms with Gasteiger partial charge in [-0.05, 0) is 35.9 Å². The Bertz CT molecular complexity index is 883. The molecule has 2 amide bonds. The molecule has 3 rings (SSSR count). The van der Waals surface area contributed by atoms with E-state index in [1.54, 1.807) is 31.2 Å². The zero-order valence-corrected chi connectivity index (χ0v) is 13.4. The lowest BCUT2D eigenvalue weighted by Crippen LogP contribution is -2.23. The van der Waals surface area contributed by atoms with E-state index in [-0.39, 0.29) is 11.8 Å². The molecule has 0 unspecified atom stereocenters. The molecule has 0 aliphatic heterocycles. The molecule has 24 heavy (non-hydrogen) atoms. The third-order valence-electron chi connectivity index (χ3n) is 3.85. The minimum Gasteiger partial charge on any atom is -0.361 e. The molecule has 0 bridgehead atoms. The van der Waals surface area contributed by atoms with Gasteiger partial charge in [-0.1, -0.05) is 25.1 Å². The molecule has 3 aromatic rings. The average Bonchev–Trinajstić information content (AvgIpc) is 3.09. The first kappa shape index (κ1) is 15.8. The number of H-pyrrole nitrogens is 1. The van der Waals surface area contributed by atoms with E-state index in [1.165, 1.54) is 0 Å². The summed E-state index contributed by atoms with van der Waals surface area (Å²) in [5.74, 6) is -0.248. The maximum Gasteiger partial charge on any atom is 0.251 e. The zero-order chi connectivity index (χ0) is 16.9. The van der Waals surface area contributed by atoms with Crippen LogP contribution >= 0.6 is 0 Å². The molecule has 1 heterocycles. The van der Waals surface area contributed by atoms with Gasteiger partial charge in [0.05, 0.1) is 0 Å². The second kappa shape index (κ2) is 7.00. The third kappa shape index (κ3) is 3.46. The highest BCUT2D eigenvalue weighted by Crippen LogP contribution is 2.17. The van der Waals surface area contributed by atoms with E-state index >= 15 is 0 Å². The molecular formula is C19H19N3O2. The van der Waals surface area contributed by atoms with Gasteiger partial charge in [-0.2, -0.15) is 0 Å². The lowest BCUT2D eigenvalue weighted by molar-refractivity contribution is -0.115. The first-order chi connectivity index (χ1) is 11.7. The Morgan fingerprint density at radius 2 is 1.92 bits per heavy atom. The van der Waals surface area contributed by atoms with E-state index in [0.29, 0.717) is 24.2 Å². The van der Waals surface area contributed by atoms with Crippen molar-refractivity contribution in [1.29, 1.82) is 0 Å². The van der Waals surface area contributed by atoms with Crippen LogP contribution in [0.1, 0.15) is 29.3 Å².